The van der Waals surface area contributed by atoms with Crippen LogP contribution in [-0.4, -0.2) is 10.1 Å². The van der Waals surface area contributed by atoms with Crippen LogP contribution in [0.15, 0.2) is 22.7 Å². The number of nitrogens with zero attached hydrogens (tertiary/aromatic N) is 2. The third-order valence-electron chi connectivity index (χ3n) is 3.77. The summed E-state index contributed by atoms with van der Waals surface area (Å²) in [6, 6.07) is 5.44. The van der Waals surface area contributed by atoms with Crippen molar-refractivity contribution in [2.75, 3.05) is 0 Å². The van der Waals surface area contributed by atoms with E-state index in [1.807, 2.05) is 12.1 Å². The van der Waals surface area contributed by atoms with Gasteiger partial charge in [-0.2, -0.15) is 4.98 Å². The van der Waals surface area contributed by atoms with Crippen LogP contribution in [0.4, 0.5) is 0 Å². The normalized spacial score (nSPS) is 17.7. The van der Waals surface area contributed by atoms with Crippen LogP contribution in [-0.2, 0) is 5.54 Å². The van der Waals surface area contributed by atoms with Crippen molar-refractivity contribution < 1.29 is 4.52 Å². The molecule has 0 radical (unpaired) electrons. The molecule has 1 aromatic heterocycles. The molecule has 1 aliphatic carbocycles. The van der Waals surface area contributed by atoms with Crippen molar-refractivity contribution in [2.45, 2.75) is 31.2 Å². The molecule has 0 unspecified atom stereocenters. The third kappa shape index (κ3) is 2.98. The zero-order valence-electron chi connectivity index (χ0n) is 11.4. The Morgan fingerprint density at radius 1 is 1.19 bits per heavy atom. The molecule has 21 heavy (non-hydrogen) atoms. The van der Waals surface area contributed by atoms with Gasteiger partial charge in [0, 0.05) is 6.08 Å². The minimum atomic E-state index is -0.441. The molecular formula is C15H15Cl2N3O. The number of aromatic nitrogens is 2. The number of hydrogen-bond donors (Lipinski definition) is 1. The van der Waals surface area contributed by atoms with Gasteiger partial charge in [-0.3, -0.25) is 0 Å². The fraction of sp³-hybridized carbons (Fsp3) is 0.333. The zero-order chi connectivity index (χ0) is 14.9. The van der Waals surface area contributed by atoms with E-state index in [4.69, 9.17) is 33.5 Å². The van der Waals surface area contributed by atoms with Gasteiger partial charge >= 0.3 is 0 Å². The molecule has 1 saturated carbocycles. The predicted octanol–water partition coefficient (Wildman–Crippen LogP) is 4.27. The molecule has 1 aliphatic rings. The molecule has 1 heterocycles. The van der Waals surface area contributed by atoms with Crippen molar-refractivity contribution >= 4 is 35.4 Å². The number of nitrogens with two attached hydrogens (primary N) is 1. The van der Waals surface area contributed by atoms with Crippen molar-refractivity contribution in [1.29, 1.82) is 0 Å². The molecule has 0 bridgehead atoms. The van der Waals surface area contributed by atoms with Gasteiger partial charge in [-0.1, -0.05) is 53.3 Å². The second-order valence-electron chi connectivity index (χ2n) is 5.30. The highest BCUT2D eigenvalue weighted by molar-refractivity contribution is 6.42. The van der Waals surface area contributed by atoms with Crippen molar-refractivity contribution in [2.24, 2.45) is 5.73 Å². The smallest absolute Gasteiger partial charge is 0.250 e. The van der Waals surface area contributed by atoms with Gasteiger partial charge in [0.15, 0.2) is 5.82 Å². The highest BCUT2D eigenvalue weighted by Crippen LogP contribution is 2.34. The minimum absolute atomic E-state index is 0.415. The number of benzene rings is 1. The number of rotatable bonds is 3. The largest absolute Gasteiger partial charge is 0.335 e. The van der Waals surface area contributed by atoms with Gasteiger partial charge in [-0.25, -0.2) is 0 Å². The van der Waals surface area contributed by atoms with E-state index < -0.39 is 5.54 Å². The molecule has 0 spiro atoms. The van der Waals surface area contributed by atoms with Crippen LogP contribution in [0, 0.1) is 0 Å². The quantitative estimate of drug-likeness (QED) is 0.915. The Morgan fingerprint density at radius 3 is 2.71 bits per heavy atom. The van der Waals surface area contributed by atoms with E-state index in [9.17, 15) is 0 Å². The molecule has 1 fully saturated rings. The van der Waals surface area contributed by atoms with Gasteiger partial charge < -0.3 is 10.3 Å². The average Bonchev–Trinajstić information content (AvgIpc) is 3.10. The van der Waals surface area contributed by atoms with Gasteiger partial charge in [-0.15, -0.1) is 0 Å². The van der Waals surface area contributed by atoms with E-state index in [1.165, 1.54) is 0 Å². The first-order valence-corrected chi connectivity index (χ1v) is 7.59. The summed E-state index contributed by atoms with van der Waals surface area (Å²) in [6.45, 7) is 0. The van der Waals surface area contributed by atoms with Crippen LogP contribution in [0.1, 0.15) is 43.0 Å². The maximum absolute atomic E-state index is 6.30. The molecule has 2 N–H and O–H groups in total. The first-order chi connectivity index (χ1) is 10.1. The van der Waals surface area contributed by atoms with Crippen LogP contribution in [0.2, 0.25) is 10.0 Å². The lowest BCUT2D eigenvalue weighted by atomic mass is 9.99. The summed E-state index contributed by atoms with van der Waals surface area (Å²) < 4.78 is 5.23. The topological polar surface area (TPSA) is 64.9 Å². The van der Waals surface area contributed by atoms with E-state index in [0.717, 1.165) is 31.2 Å². The summed E-state index contributed by atoms with van der Waals surface area (Å²) >= 11 is 12.1. The minimum Gasteiger partial charge on any atom is -0.335 e. The molecule has 1 aromatic carbocycles. The summed E-state index contributed by atoms with van der Waals surface area (Å²) in [4.78, 5) is 4.37. The molecule has 0 saturated heterocycles. The van der Waals surface area contributed by atoms with Crippen molar-refractivity contribution in [3.8, 4) is 0 Å². The Hall–Kier alpha value is -1.36. The lowest BCUT2D eigenvalue weighted by molar-refractivity contribution is 0.364. The zero-order valence-corrected chi connectivity index (χ0v) is 12.9. The van der Waals surface area contributed by atoms with Crippen LogP contribution >= 0.6 is 23.2 Å². The van der Waals surface area contributed by atoms with Crippen molar-refractivity contribution in [1.82, 2.24) is 10.1 Å². The van der Waals surface area contributed by atoms with Crippen molar-refractivity contribution in [3.63, 3.8) is 0 Å². The van der Waals surface area contributed by atoms with E-state index in [-0.39, 0.29) is 0 Å². The lowest BCUT2D eigenvalue weighted by Gasteiger charge is -2.17. The highest BCUT2D eigenvalue weighted by Gasteiger charge is 2.35. The SMILES string of the molecule is NC1(c2noc(/C=C/c3cccc(Cl)c3Cl)n2)CCCC1. The van der Waals surface area contributed by atoms with Crippen molar-refractivity contribution in [3.05, 3.63) is 45.5 Å². The van der Waals surface area contributed by atoms with Crippen LogP contribution in [0.5, 0.6) is 0 Å². The van der Waals surface area contributed by atoms with Crippen LogP contribution < -0.4 is 5.73 Å². The Bertz CT molecular complexity index is 675. The highest BCUT2D eigenvalue weighted by atomic mass is 35.5. The molecule has 0 aliphatic heterocycles. The molecule has 3 rings (SSSR count). The summed E-state index contributed by atoms with van der Waals surface area (Å²) in [5, 5.41) is 5.01. The monoisotopic (exact) mass is 323 g/mol. The maximum atomic E-state index is 6.30. The predicted molar refractivity (Wildman–Crippen MR) is 84.0 cm³/mol. The van der Waals surface area contributed by atoms with Gasteiger partial charge in [0.25, 0.3) is 5.89 Å². The van der Waals surface area contributed by atoms with E-state index in [2.05, 4.69) is 10.1 Å². The number of halogens is 2. The second kappa shape index (κ2) is 5.79. The summed E-state index contributed by atoms with van der Waals surface area (Å²) in [5.41, 5.74) is 6.65. The third-order valence-corrected chi connectivity index (χ3v) is 4.60. The molecule has 2 aromatic rings. The van der Waals surface area contributed by atoms with E-state index in [0.29, 0.717) is 21.8 Å². The van der Waals surface area contributed by atoms with Crippen LogP contribution in [0.3, 0.4) is 0 Å². The van der Waals surface area contributed by atoms with E-state index in [1.54, 1.807) is 18.2 Å². The second-order valence-corrected chi connectivity index (χ2v) is 6.08. The number of hydrogen-bond acceptors (Lipinski definition) is 4. The molecule has 4 nitrogen and oxygen atoms in total. The van der Waals surface area contributed by atoms with Gasteiger partial charge in [0.05, 0.1) is 15.6 Å². The Kier molecular flexibility index (Phi) is 4.02. The first-order valence-electron chi connectivity index (χ1n) is 6.84. The standard InChI is InChI=1S/C15H15Cl2N3O/c16-11-5-3-4-10(13(11)17)6-7-12-19-14(20-21-12)15(18)8-1-2-9-15/h3-7H,1-2,8-9,18H2/b7-6+. The molecule has 0 amide bonds. The summed E-state index contributed by atoms with van der Waals surface area (Å²) in [6.07, 6.45) is 7.52. The summed E-state index contributed by atoms with van der Waals surface area (Å²) in [7, 11) is 0. The molecule has 0 atom stereocenters. The Balaban J connectivity index is 1.81. The molecular weight excluding hydrogens is 309 g/mol. The molecule has 6 heteroatoms. The Morgan fingerprint density at radius 2 is 1.95 bits per heavy atom. The van der Waals surface area contributed by atoms with Crippen LogP contribution in [0.25, 0.3) is 12.2 Å². The fourth-order valence-electron chi connectivity index (χ4n) is 2.54. The summed E-state index contributed by atoms with van der Waals surface area (Å²) in [5.74, 6) is 0.995. The van der Waals surface area contributed by atoms with E-state index >= 15 is 0 Å². The fourth-order valence-corrected chi connectivity index (χ4v) is 2.92. The first kappa shape index (κ1) is 14.6. The maximum Gasteiger partial charge on any atom is 0.250 e. The lowest BCUT2D eigenvalue weighted by Crippen LogP contribution is -2.34. The van der Waals surface area contributed by atoms with Gasteiger partial charge in [0.2, 0.25) is 0 Å². The Labute approximate surface area is 132 Å². The van der Waals surface area contributed by atoms with Gasteiger partial charge in [0.1, 0.15) is 0 Å². The molecule has 110 valence electrons. The van der Waals surface area contributed by atoms with Gasteiger partial charge in [-0.05, 0) is 30.5 Å². The average molecular weight is 324 g/mol.